The van der Waals surface area contributed by atoms with E-state index in [2.05, 4.69) is 10.1 Å². The summed E-state index contributed by atoms with van der Waals surface area (Å²) < 4.78 is 9.49. The van der Waals surface area contributed by atoms with Crippen LogP contribution in [0, 0.1) is 0 Å². The third kappa shape index (κ3) is 3.55. The minimum absolute atomic E-state index is 0.00724. The molecule has 102 valence electrons. The van der Waals surface area contributed by atoms with E-state index in [4.69, 9.17) is 4.42 Å². The number of hydrogen-bond acceptors (Lipinski definition) is 5. The monoisotopic (exact) mass is 273 g/mol. The van der Waals surface area contributed by atoms with Gasteiger partial charge in [0.15, 0.2) is 6.61 Å². The number of imide groups is 1. The van der Waals surface area contributed by atoms with Crippen LogP contribution in [0.1, 0.15) is 20.9 Å². The van der Waals surface area contributed by atoms with Crippen molar-refractivity contribution in [2.75, 3.05) is 6.61 Å². The first-order valence-corrected chi connectivity index (χ1v) is 5.76. The minimum atomic E-state index is -0.766. The highest BCUT2D eigenvalue weighted by Crippen LogP contribution is 2.02. The zero-order valence-electron chi connectivity index (χ0n) is 10.4. The largest absolute Gasteiger partial charge is 0.457 e. The van der Waals surface area contributed by atoms with Gasteiger partial charge in [0, 0.05) is 5.56 Å². The van der Waals surface area contributed by atoms with Crippen molar-refractivity contribution < 1.29 is 23.5 Å². The summed E-state index contributed by atoms with van der Waals surface area (Å²) in [6.07, 6.45) is 1.32. The van der Waals surface area contributed by atoms with Gasteiger partial charge in [-0.25, -0.2) is 4.79 Å². The lowest BCUT2D eigenvalue weighted by atomic mass is 10.2. The first kappa shape index (κ1) is 13.5. The highest BCUT2D eigenvalue weighted by Gasteiger charge is 2.14. The van der Waals surface area contributed by atoms with Crippen molar-refractivity contribution in [2.45, 2.75) is 0 Å². The van der Waals surface area contributed by atoms with E-state index in [0.717, 1.165) is 0 Å². The molecule has 0 aliphatic rings. The summed E-state index contributed by atoms with van der Waals surface area (Å²) in [6.45, 7) is -0.557. The molecule has 1 N–H and O–H groups in total. The van der Waals surface area contributed by atoms with Crippen LogP contribution in [-0.2, 0) is 9.53 Å². The molecule has 1 aromatic carbocycles. The highest BCUT2D eigenvalue weighted by molar-refractivity contribution is 6.05. The van der Waals surface area contributed by atoms with Crippen LogP contribution < -0.4 is 5.32 Å². The molecule has 6 nitrogen and oxygen atoms in total. The molecule has 0 saturated carbocycles. The molecule has 0 atom stereocenters. The Hall–Kier alpha value is -2.89. The van der Waals surface area contributed by atoms with Crippen molar-refractivity contribution in [2.24, 2.45) is 0 Å². The topological polar surface area (TPSA) is 85.6 Å². The number of nitrogens with one attached hydrogen (secondary N) is 1. The first-order valence-electron chi connectivity index (χ1n) is 5.76. The SMILES string of the molecule is O=C(COC(=O)c1ccco1)NC(=O)c1ccccc1. The number of rotatable bonds is 4. The van der Waals surface area contributed by atoms with Crippen LogP contribution in [0.5, 0.6) is 0 Å². The Kier molecular flexibility index (Phi) is 4.28. The third-order valence-corrected chi connectivity index (χ3v) is 2.35. The van der Waals surface area contributed by atoms with E-state index in [1.54, 1.807) is 30.3 Å². The molecule has 1 heterocycles. The van der Waals surface area contributed by atoms with Crippen LogP contribution in [0.4, 0.5) is 0 Å². The predicted molar refractivity (Wildman–Crippen MR) is 67.9 cm³/mol. The average molecular weight is 273 g/mol. The van der Waals surface area contributed by atoms with E-state index in [1.807, 2.05) is 0 Å². The fourth-order valence-corrected chi connectivity index (χ4v) is 1.42. The van der Waals surface area contributed by atoms with Gasteiger partial charge in [0.05, 0.1) is 6.26 Å². The zero-order valence-corrected chi connectivity index (χ0v) is 10.4. The van der Waals surface area contributed by atoms with Crippen LogP contribution >= 0.6 is 0 Å². The summed E-state index contributed by atoms with van der Waals surface area (Å²) in [5, 5.41) is 2.11. The van der Waals surface area contributed by atoms with Crippen LogP contribution in [0.2, 0.25) is 0 Å². The summed E-state index contributed by atoms with van der Waals surface area (Å²) in [4.78, 5) is 34.5. The maximum Gasteiger partial charge on any atom is 0.374 e. The van der Waals surface area contributed by atoms with Gasteiger partial charge in [-0.2, -0.15) is 0 Å². The van der Waals surface area contributed by atoms with Crippen molar-refractivity contribution in [3.63, 3.8) is 0 Å². The molecule has 0 bridgehead atoms. The molecule has 2 aromatic rings. The third-order valence-electron chi connectivity index (χ3n) is 2.35. The number of benzene rings is 1. The number of esters is 1. The Morgan fingerprint density at radius 3 is 2.45 bits per heavy atom. The minimum Gasteiger partial charge on any atom is -0.457 e. The number of hydrogen-bond donors (Lipinski definition) is 1. The van der Waals surface area contributed by atoms with Gasteiger partial charge in [-0.05, 0) is 24.3 Å². The van der Waals surface area contributed by atoms with E-state index < -0.39 is 24.4 Å². The molecule has 0 saturated heterocycles. The molecule has 0 spiro atoms. The van der Waals surface area contributed by atoms with Gasteiger partial charge in [0.2, 0.25) is 5.76 Å². The smallest absolute Gasteiger partial charge is 0.374 e. The summed E-state index contributed by atoms with van der Waals surface area (Å²) in [5.41, 5.74) is 0.346. The molecular formula is C14H11NO5. The van der Waals surface area contributed by atoms with Crippen molar-refractivity contribution >= 4 is 17.8 Å². The Balaban J connectivity index is 1.81. The summed E-state index contributed by atoms with van der Waals surface area (Å²) in [5.74, 6) is -2.03. The summed E-state index contributed by atoms with van der Waals surface area (Å²) in [6, 6.07) is 11.2. The zero-order chi connectivity index (χ0) is 14.4. The van der Waals surface area contributed by atoms with E-state index in [9.17, 15) is 14.4 Å². The standard InChI is InChI=1S/C14H11NO5/c16-12(9-20-14(18)11-7-4-8-19-11)15-13(17)10-5-2-1-3-6-10/h1-8H,9H2,(H,15,16,17). The van der Waals surface area contributed by atoms with E-state index in [0.29, 0.717) is 5.56 Å². The molecule has 6 heteroatoms. The number of amides is 2. The van der Waals surface area contributed by atoms with Crippen molar-refractivity contribution in [3.8, 4) is 0 Å². The number of carbonyl (C=O) groups excluding carboxylic acids is 3. The lowest BCUT2D eigenvalue weighted by Gasteiger charge is -2.04. The second-order valence-corrected chi connectivity index (χ2v) is 3.80. The molecule has 0 fully saturated rings. The Morgan fingerprint density at radius 1 is 1.05 bits per heavy atom. The molecule has 0 aliphatic heterocycles. The molecule has 20 heavy (non-hydrogen) atoms. The van der Waals surface area contributed by atoms with Gasteiger partial charge in [0.25, 0.3) is 11.8 Å². The van der Waals surface area contributed by atoms with Crippen LogP contribution in [0.15, 0.2) is 53.1 Å². The van der Waals surface area contributed by atoms with Gasteiger partial charge in [-0.1, -0.05) is 18.2 Å². The van der Waals surface area contributed by atoms with E-state index in [-0.39, 0.29) is 5.76 Å². The average Bonchev–Trinajstić information content (AvgIpc) is 3.00. The van der Waals surface area contributed by atoms with Crippen LogP contribution in [-0.4, -0.2) is 24.4 Å². The fourth-order valence-electron chi connectivity index (χ4n) is 1.42. The van der Waals surface area contributed by atoms with E-state index >= 15 is 0 Å². The highest BCUT2D eigenvalue weighted by atomic mass is 16.5. The quantitative estimate of drug-likeness (QED) is 0.851. The van der Waals surface area contributed by atoms with E-state index in [1.165, 1.54) is 18.4 Å². The Morgan fingerprint density at radius 2 is 1.80 bits per heavy atom. The molecule has 1 aromatic heterocycles. The lowest BCUT2D eigenvalue weighted by molar-refractivity contribution is -0.123. The maximum atomic E-state index is 11.6. The Bertz CT molecular complexity index is 604. The molecule has 0 aliphatic carbocycles. The molecule has 2 amide bonds. The van der Waals surface area contributed by atoms with Crippen molar-refractivity contribution in [1.82, 2.24) is 5.32 Å². The van der Waals surface area contributed by atoms with Crippen molar-refractivity contribution in [3.05, 3.63) is 60.1 Å². The maximum absolute atomic E-state index is 11.6. The predicted octanol–water partition coefficient (Wildman–Crippen LogP) is 1.39. The second-order valence-electron chi connectivity index (χ2n) is 3.80. The van der Waals surface area contributed by atoms with Gasteiger partial charge in [-0.3, -0.25) is 14.9 Å². The summed E-state index contributed by atoms with van der Waals surface area (Å²) in [7, 11) is 0. The van der Waals surface area contributed by atoms with Gasteiger partial charge in [0.1, 0.15) is 0 Å². The summed E-state index contributed by atoms with van der Waals surface area (Å²) >= 11 is 0. The lowest BCUT2D eigenvalue weighted by Crippen LogP contribution is -2.34. The molecule has 0 unspecified atom stereocenters. The fraction of sp³-hybridized carbons (Fsp3) is 0.0714. The van der Waals surface area contributed by atoms with Gasteiger partial charge >= 0.3 is 5.97 Å². The van der Waals surface area contributed by atoms with Crippen LogP contribution in [0.25, 0.3) is 0 Å². The number of carbonyl (C=O) groups is 3. The first-order chi connectivity index (χ1) is 9.66. The molecule has 0 radical (unpaired) electrons. The number of furan rings is 1. The van der Waals surface area contributed by atoms with Gasteiger partial charge in [-0.15, -0.1) is 0 Å². The second kappa shape index (κ2) is 6.33. The Labute approximate surface area is 114 Å². The van der Waals surface area contributed by atoms with Gasteiger partial charge < -0.3 is 9.15 Å². The van der Waals surface area contributed by atoms with Crippen molar-refractivity contribution in [1.29, 1.82) is 0 Å². The number of ether oxygens (including phenoxy) is 1. The van der Waals surface area contributed by atoms with Crippen LogP contribution in [0.3, 0.4) is 0 Å². The molecular weight excluding hydrogens is 262 g/mol. The normalized spacial score (nSPS) is 9.80. The molecule has 2 rings (SSSR count).